The van der Waals surface area contributed by atoms with Crippen LogP contribution in [-0.2, 0) is 9.53 Å². The molecule has 0 rings (SSSR count). The van der Waals surface area contributed by atoms with E-state index in [1.165, 1.54) is 0 Å². The molecule has 4 N–H and O–H groups in total. The van der Waals surface area contributed by atoms with Crippen LogP contribution in [0, 0.1) is 5.41 Å². The molecule has 0 unspecified atom stereocenters. The van der Waals surface area contributed by atoms with Crippen LogP contribution in [-0.4, -0.2) is 37.2 Å². The van der Waals surface area contributed by atoms with Gasteiger partial charge in [-0.15, -0.1) is 0 Å². The maximum absolute atomic E-state index is 12.4. The summed E-state index contributed by atoms with van der Waals surface area (Å²) in [5, 5.41) is 14.9. The minimum absolute atomic E-state index is 0.000409. The van der Waals surface area contributed by atoms with Crippen molar-refractivity contribution >= 4 is 11.7 Å². The third-order valence-corrected chi connectivity index (χ3v) is 3.20. The van der Waals surface area contributed by atoms with E-state index in [0.717, 1.165) is 19.3 Å². The Morgan fingerprint density at radius 1 is 1.37 bits per heavy atom. The zero-order valence-corrected chi connectivity index (χ0v) is 12.2. The van der Waals surface area contributed by atoms with E-state index in [1.54, 1.807) is 7.11 Å². The Bertz CT molecular complexity index is 287. The molecule has 0 radical (unpaired) electrons. The first-order chi connectivity index (χ1) is 9.08. The van der Waals surface area contributed by atoms with E-state index in [-0.39, 0.29) is 11.7 Å². The lowest BCUT2D eigenvalue weighted by atomic mass is 9.77. The molecule has 0 saturated carbocycles. The second-order valence-electron chi connectivity index (χ2n) is 4.67. The molecule has 0 aliphatic carbocycles. The molecule has 112 valence electrons. The lowest BCUT2D eigenvalue weighted by Crippen LogP contribution is -2.50. The highest BCUT2D eigenvalue weighted by Crippen LogP contribution is 2.30. The van der Waals surface area contributed by atoms with Gasteiger partial charge in [-0.05, 0) is 19.3 Å². The van der Waals surface area contributed by atoms with Gasteiger partial charge < -0.3 is 21.0 Å². The van der Waals surface area contributed by atoms with Crippen LogP contribution in [0.1, 0.15) is 46.0 Å². The van der Waals surface area contributed by atoms with Gasteiger partial charge in [-0.2, -0.15) is 0 Å². The summed E-state index contributed by atoms with van der Waals surface area (Å²) in [6.07, 6.45) is 3.48. The van der Waals surface area contributed by atoms with Crippen LogP contribution in [0.25, 0.3) is 0 Å². The number of hydrogen-bond donors (Lipinski definition) is 3. The Morgan fingerprint density at radius 2 is 1.95 bits per heavy atom. The van der Waals surface area contributed by atoms with Gasteiger partial charge in [-0.3, -0.25) is 4.79 Å². The van der Waals surface area contributed by atoms with Crippen LogP contribution in [0.3, 0.4) is 0 Å². The topological polar surface area (TPSA) is 96.9 Å². The number of oxime groups is 1. The van der Waals surface area contributed by atoms with Gasteiger partial charge in [0.1, 0.15) is 5.41 Å². The lowest BCUT2D eigenvalue weighted by molar-refractivity contribution is -0.128. The molecule has 0 aromatic rings. The molecule has 0 saturated heterocycles. The molecule has 0 fully saturated rings. The number of amides is 1. The summed E-state index contributed by atoms with van der Waals surface area (Å²) in [4.78, 5) is 12.4. The number of rotatable bonds is 10. The van der Waals surface area contributed by atoms with E-state index in [9.17, 15) is 4.79 Å². The molecule has 0 bridgehead atoms. The predicted octanol–water partition coefficient (Wildman–Crippen LogP) is 1.47. The molecule has 0 aromatic heterocycles. The third kappa shape index (κ3) is 5.06. The molecule has 0 spiro atoms. The van der Waals surface area contributed by atoms with Crippen molar-refractivity contribution in [1.82, 2.24) is 5.32 Å². The number of ether oxygens (including phenoxy) is 1. The number of nitrogens with one attached hydrogen (secondary N) is 1. The number of amidine groups is 1. The summed E-state index contributed by atoms with van der Waals surface area (Å²) in [6, 6.07) is 0. The summed E-state index contributed by atoms with van der Waals surface area (Å²) in [5.74, 6) is -0.164. The number of carbonyl (C=O) groups is 1. The fourth-order valence-electron chi connectivity index (χ4n) is 2.26. The minimum Gasteiger partial charge on any atom is -0.409 e. The summed E-state index contributed by atoms with van der Waals surface area (Å²) in [5.41, 5.74) is 4.87. The van der Waals surface area contributed by atoms with Crippen LogP contribution in [0.2, 0.25) is 0 Å². The SMILES string of the molecule is CCCC(CCC)(C(=O)NCCCOC)C(N)=NO. The average Bonchev–Trinajstić information content (AvgIpc) is 2.42. The van der Waals surface area contributed by atoms with Crippen molar-refractivity contribution in [2.75, 3.05) is 20.3 Å². The highest BCUT2D eigenvalue weighted by atomic mass is 16.5. The van der Waals surface area contributed by atoms with Gasteiger partial charge in [0.2, 0.25) is 5.91 Å². The van der Waals surface area contributed by atoms with Crippen LogP contribution >= 0.6 is 0 Å². The van der Waals surface area contributed by atoms with Gasteiger partial charge in [0.15, 0.2) is 5.84 Å². The van der Waals surface area contributed by atoms with Crippen LogP contribution < -0.4 is 11.1 Å². The summed E-state index contributed by atoms with van der Waals surface area (Å²) in [6.45, 7) is 5.08. The number of carbonyl (C=O) groups excluding carboxylic acids is 1. The maximum atomic E-state index is 12.4. The number of nitrogens with zero attached hydrogens (tertiary/aromatic N) is 1. The van der Waals surface area contributed by atoms with Gasteiger partial charge in [0.05, 0.1) is 0 Å². The number of nitrogens with two attached hydrogens (primary N) is 1. The maximum Gasteiger partial charge on any atom is 0.233 e. The molecule has 0 atom stereocenters. The molecule has 0 heterocycles. The zero-order valence-electron chi connectivity index (χ0n) is 12.2. The van der Waals surface area contributed by atoms with Crippen molar-refractivity contribution < 1.29 is 14.7 Å². The fraction of sp³-hybridized carbons (Fsp3) is 0.846. The molecule has 0 aromatic carbocycles. The monoisotopic (exact) mass is 273 g/mol. The van der Waals surface area contributed by atoms with Crippen molar-refractivity contribution in [3.05, 3.63) is 0 Å². The molecular formula is C13H27N3O3. The summed E-state index contributed by atoms with van der Waals surface area (Å²) >= 11 is 0. The molecule has 1 amide bonds. The molecule has 19 heavy (non-hydrogen) atoms. The summed E-state index contributed by atoms with van der Waals surface area (Å²) < 4.78 is 4.93. The smallest absolute Gasteiger partial charge is 0.233 e. The Balaban J connectivity index is 4.83. The van der Waals surface area contributed by atoms with E-state index < -0.39 is 5.41 Å². The van der Waals surface area contributed by atoms with Gasteiger partial charge >= 0.3 is 0 Å². The first-order valence-electron chi connectivity index (χ1n) is 6.84. The van der Waals surface area contributed by atoms with E-state index in [4.69, 9.17) is 15.7 Å². The van der Waals surface area contributed by atoms with Gasteiger partial charge in [0, 0.05) is 20.3 Å². The Morgan fingerprint density at radius 3 is 2.37 bits per heavy atom. The van der Waals surface area contributed by atoms with Crippen LogP contribution in [0.15, 0.2) is 5.16 Å². The highest BCUT2D eigenvalue weighted by molar-refractivity contribution is 6.06. The van der Waals surface area contributed by atoms with Crippen molar-refractivity contribution in [3.63, 3.8) is 0 Å². The minimum atomic E-state index is -0.897. The van der Waals surface area contributed by atoms with Gasteiger partial charge in [-0.25, -0.2) is 0 Å². The van der Waals surface area contributed by atoms with Crippen molar-refractivity contribution in [2.24, 2.45) is 16.3 Å². The molecule has 0 aliphatic rings. The van der Waals surface area contributed by atoms with Crippen molar-refractivity contribution in [2.45, 2.75) is 46.0 Å². The number of methoxy groups -OCH3 is 1. The highest BCUT2D eigenvalue weighted by Gasteiger charge is 2.41. The second kappa shape index (κ2) is 9.61. The van der Waals surface area contributed by atoms with E-state index in [1.807, 2.05) is 13.8 Å². The van der Waals surface area contributed by atoms with Gasteiger partial charge in [0.25, 0.3) is 0 Å². The van der Waals surface area contributed by atoms with Crippen LogP contribution in [0.4, 0.5) is 0 Å². The molecule has 0 aliphatic heterocycles. The standard InChI is InChI=1S/C13H27N3O3/c1-4-7-13(8-5-2,11(14)16-18)12(17)15-9-6-10-19-3/h18H,4-10H2,1-3H3,(H2,14,16)(H,15,17). The first kappa shape index (κ1) is 17.7. The predicted molar refractivity (Wildman–Crippen MR) is 75.2 cm³/mol. The van der Waals surface area contributed by atoms with Crippen molar-refractivity contribution in [1.29, 1.82) is 0 Å². The average molecular weight is 273 g/mol. The number of hydrogen-bond acceptors (Lipinski definition) is 4. The molecule has 6 nitrogen and oxygen atoms in total. The summed E-state index contributed by atoms with van der Waals surface area (Å²) in [7, 11) is 1.62. The first-order valence-corrected chi connectivity index (χ1v) is 6.84. The van der Waals surface area contributed by atoms with E-state index >= 15 is 0 Å². The van der Waals surface area contributed by atoms with Crippen molar-refractivity contribution in [3.8, 4) is 0 Å². The normalized spacial score (nSPS) is 12.5. The van der Waals surface area contributed by atoms with E-state index in [2.05, 4.69) is 10.5 Å². The quantitative estimate of drug-likeness (QED) is 0.185. The Kier molecular flexibility index (Phi) is 8.95. The van der Waals surface area contributed by atoms with Crippen LogP contribution in [0.5, 0.6) is 0 Å². The molecule has 6 heteroatoms. The third-order valence-electron chi connectivity index (χ3n) is 3.20. The second-order valence-corrected chi connectivity index (χ2v) is 4.67. The Labute approximate surface area is 115 Å². The van der Waals surface area contributed by atoms with E-state index in [0.29, 0.717) is 26.0 Å². The lowest BCUT2D eigenvalue weighted by Gasteiger charge is -2.30. The van der Waals surface area contributed by atoms with Gasteiger partial charge in [-0.1, -0.05) is 31.8 Å². The Hall–Kier alpha value is -1.30. The fourth-order valence-corrected chi connectivity index (χ4v) is 2.26. The molecular weight excluding hydrogens is 246 g/mol. The zero-order chi connectivity index (χ0) is 14.7. The largest absolute Gasteiger partial charge is 0.409 e.